The van der Waals surface area contributed by atoms with Gasteiger partial charge in [0.1, 0.15) is 17.2 Å². The zero-order valence-electron chi connectivity index (χ0n) is 19.1. The van der Waals surface area contributed by atoms with Crippen molar-refractivity contribution in [2.24, 2.45) is 0 Å². The van der Waals surface area contributed by atoms with Gasteiger partial charge in [-0.05, 0) is 65.4 Å². The Morgan fingerprint density at radius 3 is 2.17 bits per heavy atom. The van der Waals surface area contributed by atoms with Crippen LogP contribution in [0.25, 0.3) is 17.2 Å². The molecule has 1 aliphatic heterocycles. The van der Waals surface area contributed by atoms with Crippen molar-refractivity contribution in [1.82, 2.24) is 4.90 Å². The molecule has 1 fully saturated rings. The molecule has 0 atom stereocenters. The molecule has 0 aromatic heterocycles. The molecular formula is C26H21Cl2NO5S. The molecule has 3 aromatic carbocycles. The smallest absolute Gasteiger partial charge is 0.293 e. The maximum Gasteiger partial charge on any atom is 0.293 e. The highest BCUT2D eigenvalue weighted by atomic mass is 35.5. The third-order valence-electron chi connectivity index (χ3n) is 5.42. The van der Waals surface area contributed by atoms with Crippen molar-refractivity contribution in [3.8, 4) is 28.4 Å². The SMILES string of the molecule is COc1ccc(/C=C2/SC(=O)N(Cc3ccc(Cl)c(Cl)c3)C2=O)cc1-c1c(OC)cccc1OC. The van der Waals surface area contributed by atoms with Crippen LogP contribution in [-0.4, -0.2) is 37.4 Å². The molecule has 6 nitrogen and oxygen atoms in total. The van der Waals surface area contributed by atoms with Gasteiger partial charge < -0.3 is 14.2 Å². The molecule has 1 saturated heterocycles. The average molecular weight is 530 g/mol. The molecule has 2 amide bonds. The Bertz CT molecular complexity index is 1320. The van der Waals surface area contributed by atoms with Gasteiger partial charge in [-0.2, -0.15) is 0 Å². The molecule has 0 spiro atoms. The van der Waals surface area contributed by atoms with E-state index in [-0.39, 0.29) is 17.7 Å². The number of hydrogen-bond acceptors (Lipinski definition) is 6. The number of benzene rings is 3. The first-order chi connectivity index (χ1) is 16.9. The van der Waals surface area contributed by atoms with Crippen LogP contribution in [0, 0.1) is 0 Å². The molecule has 0 bridgehead atoms. The normalized spacial score (nSPS) is 14.5. The standard InChI is InChI=1S/C26H21Cl2NO5S/c1-32-20-10-8-15(11-17(20)24-21(33-2)5-4-6-22(24)34-3)13-23-25(30)29(26(31)35-23)14-16-7-9-18(27)19(28)12-16/h4-13H,14H2,1-3H3/b23-13+. The van der Waals surface area contributed by atoms with Crippen molar-refractivity contribution in [3.05, 3.63) is 80.7 Å². The summed E-state index contributed by atoms with van der Waals surface area (Å²) >= 11 is 12.9. The second kappa shape index (κ2) is 10.6. The summed E-state index contributed by atoms with van der Waals surface area (Å²) in [4.78, 5) is 27.2. The topological polar surface area (TPSA) is 65.1 Å². The van der Waals surface area contributed by atoms with Crippen LogP contribution in [-0.2, 0) is 11.3 Å². The Labute approximate surface area is 217 Å². The van der Waals surface area contributed by atoms with E-state index in [1.165, 1.54) is 4.90 Å². The fourth-order valence-electron chi connectivity index (χ4n) is 3.74. The van der Waals surface area contributed by atoms with Crippen LogP contribution in [0.4, 0.5) is 4.79 Å². The van der Waals surface area contributed by atoms with E-state index >= 15 is 0 Å². The summed E-state index contributed by atoms with van der Waals surface area (Å²) in [6.07, 6.45) is 1.69. The molecule has 0 unspecified atom stereocenters. The average Bonchev–Trinajstić information content (AvgIpc) is 3.12. The Balaban J connectivity index is 1.68. The van der Waals surface area contributed by atoms with Crippen LogP contribution in [0.2, 0.25) is 10.0 Å². The first-order valence-electron chi connectivity index (χ1n) is 10.4. The summed E-state index contributed by atoms with van der Waals surface area (Å²) in [6.45, 7) is 0.102. The number of imide groups is 1. The predicted octanol–water partition coefficient (Wildman–Crippen LogP) is 6.92. The first-order valence-corrected chi connectivity index (χ1v) is 12.0. The van der Waals surface area contributed by atoms with Crippen LogP contribution in [0.3, 0.4) is 0 Å². The van der Waals surface area contributed by atoms with E-state index in [2.05, 4.69) is 0 Å². The number of thioether (sulfide) groups is 1. The molecule has 0 radical (unpaired) electrons. The Morgan fingerprint density at radius 1 is 0.857 bits per heavy atom. The van der Waals surface area contributed by atoms with E-state index in [1.54, 1.807) is 51.7 Å². The van der Waals surface area contributed by atoms with Crippen molar-refractivity contribution < 1.29 is 23.8 Å². The van der Waals surface area contributed by atoms with Gasteiger partial charge in [-0.1, -0.05) is 41.4 Å². The molecule has 1 heterocycles. The number of amides is 2. The summed E-state index contributed by atoms with van der Waals surface area (Å²) in [6, 6.07) is 16.0. The number of carbonyl (C=O) groups excluding carboxylic acids is 2. The molecular weight excluding hydrogens is 509 g/mol. The van der Waals surface area contributed by atoms with E-state index in [4.69, 9.17) is 37.4 Å². The molecule has 180 valence electrons. The van der Waals surface area contributed by atoms with Gasteiger partial charge in [0.05, 0.1) is 48.4 Å². The lowest BCUT2D eigenvalue weighted by atomic mass is 9.99. The van der Waals surface area contributed by atoms with Crippen molar-refractivity contribution >= 4 is 52.2 Å². The van der Waals surface area contributed by atoms with Crippen molar-refractivity contribution in [2.45, 2.75) is 6.54 Å². The van der Waals surface area contributed by atoms with Gasteiger partial charge >= 0.3 is 0 Å². The van der Waals surface area contributed by atoms with Crippen molar-refractivity contribution in [2.75, 3.05) is 21.3 Å². The maximum atomic E-state index is 13.0. The van der Waals surface area contributed by atoms with Crippen LogP contribution in [0.1, 0.15) is 11.1 Å². The van der Waals surface area contributed by atoms with Crippen LogP contribution >= 0.6 is 35.0 Å². The lowest BCUT2D eigenvalue weighted by Gasteiger charge is -2.16. The largest absolute Gasteiger partial charge is 0.496 e. The molecule has 3 aromatic rings. The molecule has 0 saturated carbocycles. The minimum Gasteiger partial charge on any atom is -0.496 e. The highest BCUT2D eigenvalue weighted by molar-refractivity contribution is 8.18. The van der Waals surface area contributed by atoms with Crippen LogP contribution < -0.4 is 14.2 Å². The second-order valence-corrected chi connectivity index (χ2v) is 9.32. The summed E-state index contributed by atoms with van der Waals surface area (Å²) in [5.41, 5.74) is 2.87. The minimum absolute atomic E-state index is 0.102. The third kappa shape index (κ3) is 5.12. The van der Waals surface area contributed by atoms with Crippen molar-refractivity contribution in [1.29, 1.82) is 0 Å². The number of carbonyl (C=O) groups is 2. The number of hydrogen-bond donors (Lipinski definition) is 0. The van der Waals surface area contributed by atoms with Gasteiger partial charge in [-0.3, -0.25) is 14.5 Å². The van der Waals surface area contributed by atoms with E-state index < -0.39 is 0 Å². The zero-order valence-corrected chi connectivity index (χ0v) is 21.5. The highest BCUT2D eigenvalue weighted by Gasteiger charge is 2.35. The van der Waals surface area contributed by atoms with Gasteiger partial charge in [-0.15, -0.1) is 0 Å². The Hall–Kier alpha value is -3.13. The van der Waals surface area contributed by atoms with Crippen molar-refractivity contribution in [3.63, 3.8) is 0 Å². The molecule has 4 rings (SSSR count). The minimum atomic E-state index is -0.377. The van der Waals surface area contributed by atoms with Crippen LogP contribution in [0.15, 0.2) is 59.5 Å². The summed E-state index contributed by atoms with van der Waals surface area (Å²) in [7, 11) is 4.74. The highest BCUT2D eigenvalue weighted by Crippen LogP contribution is 2.43. The lowest BCUT2D eigenvalue weighted by molar-refractivity contribution is -0.123. The molecule has 35 heavy (non-hydrogen) atoms. The fourth-order valence-corrected chi connectivity index (χ4v) is 4.89. The van der Waals surface area contributed by atoms with Gasteiger partial charge in [0.25, 0.3) is 11.1 Å². The first kappa shape index (κ1) is 25.0. The molecule has 0 aliphatic carbocycles. The van der Waals surface area contributed by atoms with Gasteiger partial charge in [0.2, 0.25) is 0 Å². The Morgan fingerprint density at radius 2 is 1.54 bits per heavy atom. The number of nitrogens with zero attached hydrogens (tertiary/aromatic N) is 1. The van der Waals surface area contributed by atoms with E-state index in [0.717, 1.165) is 22.9 Å². The van der Waals surface area contributed by atoms with Crippen LogP contribution in [0.5, 0.6) is 17.2 Å². The van der Waals surface area contributed by atoms with Gasteiger partial charge in [0.15, 0.2) is 0 Å². The second-order valence-electron chi connectivity index (χ2n) is 7.51. The monoisotopic (exact) mass is 529 g/mol. The number of halogens is 2. The predicted molar refractivity (Wildman–Crippen MR) is 140 cm³/mol. The zero-order chi connectivity index (χ0) is 25.1. The summed E-state index contributed by atoms with van der Waals surface area (Å²) < 4.78 is 16.7. The van der Waals surface area contributed by atoms with E-state index in [1.807, 2.05) is 30.3 Å². The van der Waals surface area contributed by atoms with Gasteiger partial charge in [0, 0.05) is 5.56 Å². The fraction of sp³-hybridized carbons (Fsp3) is 0.154. The lowest BCUT2D eigenvalue weighted by Crippen LogP contribution is -2.27. The van der Waals surface area contributed by atoms with Gasteiger partial charge in [-0.25, -0.2) is 0 Å². The summed E-state index contributed by atoms with van der Waals surface area (Å²) in [5.74, 6) is 1.46. The van der Waals surface area contributed by atoms with E-state index in [9.17, 15) is 9.59 Å². The summed E-state index contributed by atoms with van der Waals surface area (Å²) in [5, 5.41) is 0.420. The Kier molecular flexibility index (Phi) is 7.60. The molecule has 9 heteroatoms. The van der Waals surface area contributed by atoms with E-state index in [0.29, 0.717) is 43.3 Å². The third-order valence-corrected chi connectivity index (χ3v) is 7.06. The molecule has 0 N–H and O–H groups in total. The number of rotatable bonds is 7. The molecule has 1 aliphatic rings. The number of ether oxygens (including phenoxy) is 3. The quantitative estimate of drug-likeness (QED) is 0.309. The number of methoxy groups -OCH3 is 3. The maximum absolute atomic E-state index is 13.0.